The molecule has 5 nitrogen and oxygen atoms in total. The fourth-order valence-electron chi connectivity index (χ4n) is 2.41. The molecule has 7 heteroatoms. The van der Waals surface area contributed by atoms with E-state index in [1.807, 2.05) is 0 Å². The summed E-state index contributed by atoms with van der Waals surface area (Å²) in [7, 11) is 0. The molecule has 1 fully saturated rings. The van der Waals surface area contributed by atoms with Crippen molar-refractivity contribution in [3.8, 4) is 0 Å². The van der Waals surface area contributed by atoms with E-state index in [9.17, 15) is 14.0 Å². The first-order chi connectivity index (χ1) is 11.8. The Morgan fingerprint density at radius 1 is 1.52 bits per heavy atom. The lowest BCUT2D eigenvalue weighted by Gasteiger charge is -2.26. The van der Waals surface area contributed by atoms with Crippen LogP contribution >= 0.6 is 11.6 Å². The first-order valence-electron chi connectivity index (χ1n) is 7.73. The number of allylic oxidation sites excluding steroid dienone is 2. The molecule has 1 saturated carbocycles. The van der Waals surface area contributed by atoms with Crippen LogP contribution in [0.25, 0.3) is 0 Å². The number of carbonyl (C=O) groups excluding carboxylic acids is 1. The van der Waals surface area contributed by atoms with Crippen LogP contribution in [-0.4, -0.2) is 32.9 Å². The van der Waals surface area contributed by atoms with Crippen molar-refractivity contribution < 1.29 is 19.1 Å². The SMILES string of the molecule is C=C/C=C(C(=O)O)\C(F)=C\N(C(=O)c1ccnc(Cl)c1)C(C)C1CC1. The lowest BCUT2D eigenvalue weighted by atomic mass is 10.1. The summed E-state index contributed by atoms with van der Waals surface area (Å²) in [5.41, 5.74) is -0.315. The number of amides is 1. The fraction of sp³-hybridized carbons (Fsp3) is 0.278. The average molecular weight is 365 g/mol. The molecule has 0 aromatic carbocycles. The van der Waals surface area contributed by atoms with Crippen molar-refractivity contribution in [3.63, 3.8) is 0 Å². The summed E-state index contributed by atoms with van der Waals surface area (Å²) >= 11 is 5.82. The van der Waals surface area contributed by atoms with Crippen LogP contribution in [0.2, 0.25) is 5.15 Å². The summed E-state index contributed by atoms with van der Waals surface area (Å²) < 4.78 is 14.5. The molecule has 1 aromatic heterocycles. The second-order valence-electron chi connectivity index (χ2n) is 5.76. The van der Waals surface area contributed by atoms with E-state index in [0.717, 1.165) is 25.1 Å². The van der Waals surface area contributed by atoms with E-state index in [4.69, 9.17) is 16.7 Å². The lowest BCUT2D eigenvalue weighted by molar-refractivity contribution is -0.132. The van der Waals surface area contributed by atoms with Crippen molar-refractivity contribution in [2.75, 3.05) is 0 Å². The minimum Gasteiger partial charge on any atom is -0.478 e. The van der Waals surface area contributed by atoms with Gasteiger partial charge < -0.3 is 10.0 Å². The van der Waals surface area contributed by atoms with Gasteiger partial charge in [-0.1, -0.05) is 24.3 Å². The van der Waals surface area contributed by atoms with E-state index in [2.05, 4.69) is 11.6 Å². The standard InChI is InChI=1S/C18H18ClFN2O3/c1-3-4-14(18(24)25)15(20)10-22(11(2)12-5-6-12)17(23)13-7-8-21-16(19)9-13/h3-4,7-12H,1,5-6H2,2H3,(H,24,25)/b14-4+,15-10-. The molecular formula is C18H18ClFN2O3. The molecule has 132 valence electrons. The van der Waals surface area contributed by atoms with Crippen molar-refractivity contribution in [2.24, 2.45) is 5.92 Å². The maximum atomic E-state index is 14.5. The Bertz CT molecular complexity index is 756. The van der Waals surface area contributed by atoms with E-state index in [1.165, 1.54) is 29.3 Å². The largest absolute Gasteiger partial charge is 0.478 e. The van der Waals surface area contributed by atoms with Crippen LogP contribution in [0.3, 0.4) is 0 Å². The summed E-state index contributed by atoms with van der Waals surface area (Å²) in [6.07, 6.45) is 6.41. The first kappa shape index (κ1) is 18.9. The number of aliphatic carboxylic acids is 1. The summed E-state index contributed by atoms with van der Waals surface area (Å²) in [5, 5.41) is 9.26. The predicted octanol–water partition coefficient (Wildman–Crippen LogP) is 3.98. The molecule has 0 saturated heterocycles. The molecule has 25 heavy (non-hydrogen) atoms. The van der Waals surface area contributed by atoms with Crippen LogP contribution in [-0.2, 0) is 4.79 Å². The van der Waals surface area contributed by atoms with E-state index in [0.29, 0.717) is 0 Å². The summed E-state index contributed by atoms with van der Waals surface area (Å²) in [6, 6.07) is 2.59. The fourth-order valence-corrected chi connectivity index (χ4v) is 2.59. The molecule has 1 aliphatic rings. The van der Waals surface area contributed by atoms with Gasteiger partial charge in [-0.3, -0.25) is 4.79 Å². The molecule has 1 atom stereocenters. The highest BCUT2D eigenvalue weighted by atomic mass is 35.5. The van der Waals surface area contributed by atoms with Crippen LogP contribution in [0.1, 0.15) is 30.1 Å². The second kappa shape index (κ2) is 8.07. The van der Waals surface area contributed by atoms with Crippen molar-refractivity contribution in [2.45, 2.75) is 25.8 Å². The highest BCUT2D eigenvalue weighted by Crippen LogP contribution is 2.36. The Morgan fingerprint density at radius 3 is 2.72 bits per heavy atom. The third kappa shape index (κ3) is 4.76. The molecule has 1 unspecified atom stereocenters. The van der Waals surface area contributed by atoms with Crippen molar-refractivity contribution in [3.05, 3.63) is 65.4 Å². The Balaban J connectivity index is 2.40. The van der Waals surface area contributed by atoms with Gasteiger partial charge in [-0.05, 0) is 43.9 Å². The van der Waals surface area contributed by atoms with Crippen molar-refractivity contribution >= 4 is 23.5 Å². The molecule has 0 spiro atoms. The number of carboxylic acids is 1. The van der Waals surface area contributed by atoms with Gasteiger partial charge in [0.25, 0.3) is 5.91 Å². The zero-order valence-corrected chi connectivity index (χ0v) is 14.4. The summed E-state index contributed by atoms with van der Waals surface area (Å²) in [5.74, 6) is -2.68. The molecule has 2 rings (SSSR count). The van der Waals surface area contributed by atoms with Gasteiger partial charge >= 0.3 is 5.97 Å². The maximum absolute atomic E-state index is 14.5. The molecule has 1 aliphatic carbocycles. The number of nitrogens with zero attached hydrogens (tertiary/aromatic N) is 2. The number of pyridine rings is 1. The highest BCUT2D eigenvalue weighted by molar-refractivity contribution is 6.29. The smallest absolute Gasteiger partial charge is 0.338 e. The summed E-state index contributed by atoms with van der Waals surface area (Å²) in [6.45, 7) is 5.18. The number of carboxylic acid groups (broad SMARTS) is 1. The zero-order chi connectivity index (χ0) is 18.6. The number of halogens is 2. The van der Waals surface area contributed by atoms with Crippen LogP contribution < -0.4 is 0 Å². The molecule has 1 N–H and O–H groups in total. The van der Waals surface area contributed by atoms with Gasteiger partial charge in [-0.15, -0.1) is 0 Å². The van der Waals surface area contributed by atoms with Gasteiger partial charge in [0.05, 0.1) is 5.57 Å². The van der Waals surface area contributed by atoms with Gasteiger partial charge in [0, 0.05) is 24.0 Å². The number of hydrogen-bond donors (Lipinski definition) is 1. The number of carbonyl (C=O) groups is 2. The van der Waals surface area contributed by atoms with E-state index in [-0.39, 0.29) is 22.7 Å². The van der Waals surface area contributed by atoms with E-state index < -0.39 is 23.3 Å². The molecule has 1 amide bonds. The molecule has 1 aromatic rings. The average Bonchev–Trinajstić information content (AvgIpc) is 3.40. The summed E-state index contributed by atoms with van der Waals surface area (Å²) in [4.78, 5) is 29.0. The number of hydrogen-bond acceptors (Lipinski definition) is 3. The Labute approximate surface area is 150 Å². The van der Waals surface area contributed by atoms with Crippen LogP contribution in [0.15, 0.2) is 54.7 Å². The zero-order valence-electron chi connectivity index (χ0n) is 13.7. The minimum atomic E-state index is -1.44. The van der Waals surface area contributed by atoms with Crippen molar-refractivity contribution in [1.82, 2.24) is 9.88 Å². The minimum absolute atomic E-state index is 0.145. The third-order valence-corrected chi connectivity index (χ3v) is 4.18. The van der Waals surface area contributed by atoms with E-state index in [1.54, 1.807) is 6.92 Å². The van der Waals surface area contributed by atoms with Crippen LogP contribution in [0.4, 0.5) is 4.39 Å². The van der Waals surface area contributed by atoms with Crippen molar-refractivity contribution in [1.29, 1.82) is 0 Å². The van der Waals surface area contributed by atoms with Gasteiger partial charge in [0.15, 0.2) is 5.83 Å². The molecular weight excluding hydrogens is 347 g/mol. The second-order valence-corrected chi connectivity index (χ2v) is 6.14. The van der Waals surface area contributed by atoms with E-state index >= 15 is 0 Å². The number of aromatic nitrogens is 1. The predicted molar refractivity (Wildman–Crippen MR) is 92.7 cm³/mol. The normalized spacial score (nSPS) is 16.3. The van der Waals surface area contributed by atoms with Gasteiger partial charge in [0.1, 0.15) is 5.15 Å². The van der Waals surface area contributed by atoms with Gasteiger partial charge in [-0.25, -0.2) is 14.2 Å². The molecule has 0 radical (unpaired) electrons. The maximum Gasteiger partial charge on any atom is 0.338 e. The monoisotopic (exact) mass is 364 g/mol. The Kier molecular flexibility index (Phi) is 6.09. The van der Waals surface area contributed by atoms with Gasteiger partial charge in [0.2, 0.25) is 0 Å². The quantitative estimate of drug-likeness (QED) is 0.451. The van der Waals surface area contributed by atoms with Crippen LogP contribution in [0, 0.1) is 5.92 Å². The molecule has 1 heterocycles. The van der Waals surface area contributed by atoms with Crippen LogP contribution in [0.5, 0.6) is 0 Å². The molecule has 0 aliphatic heterocycles. The third-order valence-electron chi connectivity index (χ3n) is 3.98. The highest BCUT2D eigenvalue weighted by Gasteiger charge is 2.34. The van der Waals surface area contributed by atoms with Gasteiger partial charge in [-0.2, -0.15) is 0 Å². The first-order valence-corrected chi connectivity index (χ1v) is 8.11. The lowest BCUT2D eigenvalue weighted by Crippen LogP contribution is -2.36. The Hall–Kier alpha value is -2.47. The number of rotatable bonds is 7. The Morgan fingerprint density at radius 2 is 2.20 bits per heavy atom. The molecule has 0 bridgehead atoms. The topological polar surface area (TPSA) is 70.5 Å².